The first-order valence-corrected chi connectivity index (χ1v) is 6.59. The van der Waals surface area contributed by atoms with Gasteiger partial charge in [-0.3, -0.25) is 0 Å². The van der Waals surface area contributed by atoms with Gasteiger partial charge in [-0.1, -0.05) is 16.8 Å². The summed E-state index contributed by atoms with van der Waals surface area (Å²) in [7, 11) is 1.30. The molecule has 0 aliphatic carbocycles. The Hall–Kier alpha value is -2.28. The largest absolute Gasteiger partial charge is 0.465 e. The Kier molecular flexibility index (Phi) is 4.64. The van der Waals surface area contributed by atoms with Crippen molar-refractivity contribution >= 4 is 28.9 Å². The van der Waals surface area contributed by atoms with Crippen LogP contribution < -0.4 is 11.1 Å². The molecule has 0 aliphatic rings. The summed E-state index contributed by atoms with van der Waals surface area (Å²) < 4.78 is 9.73. The van der Waals surface area contributed by atoms with Gasteiger partial charge in [-0.25, -0.2) is 4.79 Å². The lowest BCUT2D eigenvalue weighted by atomic mass is 10.1. The molecular formula is C13H15ClN4O3. The number of nitrogens with zero attached hydrogens (tertiary/aromatic N) is 2. The molecule has 0 radical (unpaired) electrons. The van der Waals surface area contributed by atoms with E-state index in [-0.39, 0.29) is 5.56 Å². The van der Waals surface area contributed by atoms with Crippen LogP contribution in [0.1, 0.15) is 22.1 Å². The zero-order chi connectivity index (χ0) is 15.4. The number of ether oxygens (including phenoxy) is 1. The predicted octanol–water partition coefficient (Wildman–Crippen LogP) is 2.05. The van der Waals surface area contributed by atoms with Crippen LogP contribution in [0.15, 0.2) is 16.7 Å². The minimum Gasteiger partial charge on any atom is -0.465 e. The van der Waals surface area contributed by atoms with Gasteiger partial charge < -0.3 is 20.3 Å². The molecule has 0 unspecified atom stereocenters. The van der Waals surface area contributed by atoms with Crippen LogP contribution in [0.3, 0.4) is 0 Å². The number of carbonyl (C=O) groups excluding carboxylic acids is 1. The summed E-state index contributed by atoms with van der Waals surface area (Å²) in [6.07, 6.45) is 0.502. The number of esters is 1. The summed E-state index contributed by atoms with van der Waals surface area (Å²) in [6.45, 7) is 2.21. The normalized spacial score (nSPS) is 10.4. The first-order valence-electron chi connectivity index (χ1n) is 6.21. The number of aryl methyl sites for hydroxylation is 1. The number of nitrogen functional groups attached to an aromatic ring is 1. The highest BCUT2D eigenvalue weighted by molar-refractivity contribution is 6.34. The molecule has 1 aromatic heterocycles. The molecule has 2 aromatic rings. The van der Waals surface area contributed by atoms with Crippen molar-refractivity contribution < 1.29 is 14.1 Å². The molecule has 0 amide bonds. The maximum Gasteiger partial charge on any atom is 0.340 e. The number of carbonyl (C=O) groups is 1. The summed E-state index contributed by atoms with van der Waals surface area (Å²) in [6, 6.07) is 3.07. The number of rotatable bonds is 5. The van der Waals surface area contributed by atoms with Gasteiger partial charge in [0.25, 0.3) is 0 Å². The lowest BCUT2D eigenvalue weighted by Gasteiger charge is -2.13. The second-order valence-electron chi connectivity index (χ2n) is 4.33. The Morgan fingerprint density at radius 3 is 2.90 bits per heavy atom. The van der Waals surface area contributed by atoms with Gasteiger partial charge in [0.2, 0.25) is 5.89 Å². The molecule has 0 bridgehead atoms. The van der Waals surface area contributed by atoms with E-state index in [1.807, 2.05) is 0 Å². The maximum atomic E-state index is 11.8. The monoisotopic (exact) mass is 310 g/mol. The quantitative estimate of drug-likeness (QED) is 0.643. The second-order valence-corrected chi connectivity index (χ2v) is 4.74. The number of hydrogen-bond donors (Lipinski definition) is 2. The molecule has 0 fully saturated rings. The molecule has 0 saturated heterocycles. The maximum absolute atomic E-state index is 11.8. The predicted molar refractivity (Wildman–Crippen MR) is 78.4 cm³/mol. The third-order valence-electron chi connectivity index (χ3n) is 2.73. The molecular weight excluding hydrogens is 296 g/mol. The molecule has 0 saturated carbocycles. The van der Waals surface area contributed by atoms with Crippen molar-refractivity contribution in [2.45, 2.75) is 13.3 Å². The summed E-state index contributed by atoms with van der Waals surface area (Å²) in [4.78, 5) is 15.8. The van der Waals surface area contributed by atoms with Crippen molar-refractivity contribution in [3.05, 3.63) is 34.4 Å². The smallest absolute Gasteiger partial charge is 0.340 e. The van der Waals surface area contributed by atoms with E-state index >= 15 is 0 Å². The van der Waals surface area contributed by atoms with E-state index in [4.69, 9.17) is 26.6 Å². The summed E-state index contributed by atoms with van der Waals surface area (Å²) in [5, 5.41) is 7.11. The molecule has 21 heavy (non-hydrogen) atoms. The molecule has 1 aromatic carbocycles. The fourth-order valence-corrected chi connectivity index (χ4v) is 2.11. The van der Waals surface area contributed by atoms with Gasteiger partial charge in [0, 0.05) is 18.7 Å². The fraction of sp³-hybridized carbons (Fsp3) is 0.308. The zero-order valence-corrected chi connectivity index (χ0v) is 12.4. The van der Waals surface area contributed by atoms with Crippen molar-refractivity contribution in [1.29, 1.82) is 0 Å². The van der Waals surface area contributed by atoms with Gasteiger partial charge in [0.05, 0.1) is 23.4 Å². The SMILES string of the molecule is COC(=O)c1cc(N)cc(Cl)c1NCCc1nc(C)no1. The van der Waals surface area contributed by atoms with Crippen LogP contribution in [0, 0.1) is 6.92 Å². The van der Waals surface area contributed by atoms with E-state index < -0.39 is 5.97 Å². The number of methoxy groups -OCH3 is 1. The van der Waals surface area contributed by atoms with Gasteiger partial charge >= 0.3 is 5.97 Å². The van der Waals surface area contributed by atoms with Crippen LogP contribution in [0.25, 0.3) is 0 Å². The molecule has 3 N–H and O–H groups in total. The Balaban J connectivity index is 2.13. The van der Waals surface area contributed by atoms with E-state index in [9.17, 15) is 4.79 Å². The molecule has 0 spiro atoms. The molecule has 8 heteroatoms. The third-order valence-corrected chi connectivity index (χ3v) is 3.03. The average Bonchev–Trinajstić information content (AvgIpc) is 2.85. The standard InChI is InChI=1S/C13H15ClN4O3/c1-7-17-11(21-18-7)3-4-16-12-9(13(19)20-2)5-8(15)6-10(12)14/h5-6,16H,3-4,15H2,1-2H3. The first-order chi connectivity index (χ1) is 10.0. The van der Waals surface area contributed by atoms with Gasteiger partial charge in [0.1, 0.15) is 0 Å². The molecule has 0 atom stereocenters. The summed E-state index contributed by atoms with van der Waals surface area (Å²) in [5.74, 6) is 0.567. The highest BCUT2D eigenvalue weighted by Crippen LogP contribution is 2.29. The van der Waals surface area contributed by atoms with E-state index in [1.54, 1.807) is 13.0 Å². The molecule has 7 nitrogen and oxygen atoms in total. The van der Waals surface area contributed by atoms with Crippen LogP contribution in [-0.4, -0.2) is 29.8 Å². The Morgan fingerprint density at radius 1 is 1.52 bits per heavy atom. The fourth-order valence-electron chi connectivity index (χ4n) is 1.81. The van der Waals surface area contributed by atoms with Crippen LogP contribution in [0.2, 0.25) is 5.02 Å². The highest BCUT2D eigenvalue weighted by atomic mass is 35.5. The van der Waals surface area contributed by atoms with Crippen molar-refractivity contribution in [2.75, 3.05) is 24.7 Å². The summed E-state index contributed by atoms with van der Waals surface area (Å²) in [5.41, 5.74) is 6.83. The minimum absolute atomic E-state index is 0.282. The average molecular weight is 311 g/mol. The van der Waals surface area contributed by atoms with Gasteiger partial charge in [-0.15, -0.1) is 0 Å². The van der Waals surface area contributed by atoms with E-state index in [0.29, 0.717) is 41.1 Å². The van der Waals surface area contributed by atoms with E-state index in [1.165, 1.54) is 13.2 Å². The molecule has 1 heterocycles. The Morgan fingerprint density at radius 2 is 2.29 bits per heavy atom. The molecule has 112 valence electrons. The second kappa shape index (κ2) is 6.45. The molecule has 2 rings (SSSR count). The van der Waals surface area contributed by atoms with Crippen LogP contribution in [-0.2, 0) is 11.2 Å². The van der Waals surface area contributed by atoms with Gasteiger partial charge in [-0.2, -0.15) is 4.98 Å². The summed E-state index contributed by atoms with van der Waals surface area (Å²) >= 11 is 6.12. The number of hydrogen-bond acceptors (Lipinski definition) is 7. The number of benzene rings is 1. The number of anilines is 2. The van der Waals surface area contributed by atoms with Crippen LogP contribution in [0.4, 0.5) is 11.4 Å². The number of nitrogens with one attached hydrogen (secondary N) is 1. The van der Waals surface area contributed by atoms with E-state index in [2.05, 4.69) is 15.5 Å². The van der Waals surface area contributed by atoms with E-state index in [0.717, 1.165) is 0 Å². The van der Waals surface area contributed by atoms with Crippen LogP contribution >= 0.6 is 11.6 Å². The van der Waals surface area contributed by atoms with Crippen molar-refractivity contribution in [1.82, 2.24) is 10.1 Å². The minimum atomic E-state index is -0.514. The number of aromatic nitrogens is 2. The highest BCUT2D eigenvalue weighted by Gasteiger charge is 2.16. The number of halogens is 1. The van der Waals surface area contributed by atoms with Gasteiger partial charge in [-0.05, 0) is 19.1 Å². The van der Waals surface area contributed by atoms with Crippen molar-refractivity contribution in [3.63, 3.8) is 0 Å². The molecule has 0 aliphatic heterocycles. The van der Waals surface area contributed by atoms with Gasteiger partial charge in [0.15, 0.2) is 5.82 Å². The third kappa shape index (κ3) is 3.63. The topological polar surface area (TPSA) is 103 Å². The zero-order valence-electron chi connectivity index (χ0n) is 11.6. The first kappa shape index (κ1) is 15.1. The van der Waals surface area contributed by atoms with Crippen molar-refractivity contribution in [2.24, 2.45) is 0 Å². The Bertz CT molecular complexity index is 657. The van der Waals surface area contributed by atoms with Crippen molar-refractivity contribution in [3.8, 4) is 0 Å². The lowest BCUT2D eigenvalue weighted by molar-refractivity contribution is 0.0602. The van der Waals surface area contributed by atoms with Crippen LogP contribution in [0.5, 0.6) is 0 Å². The number of nitrogens with two attached hydrogens (primary N) is 1. The lowest BCUT2D eigenvalue weighted by Crippen LogP contribution is -2.12. The Labute approximate surface area is 126 Å².